The summed E-state index contributed by atoms with van der Waals surface area (Å²) in [6.07, 6.45) is 2.23. The number of aromatic hydroxyl groups is 2. The number of carbonyl (C=O) groups excluding carboxylic acids is 1. The van der Waals surface area contributed by atoms with E-state index in [0.29, 0.717) is 29.5 Å². The lowest BCUT2D eigenvalue weighted by molar-refractivity contribution is -0.126. The van der Waals surface area contributed by atoms with E-state index in [1.807, 2.05) is 19.9 Å². The van der Waals surface area contributed by atoms with Crippen LogP contribution in [0.3, 0.4) is 0 Å². The van der Waals surface area contributed by atoms with Gasteiger partial charge in [-0.05, 0) is 41.7 Å². The van der Waals surface area contributed by atoms with Crippen molar-refractivity contribution in [1.82, 2.24) is 0 Å². The van der Waals surface area contributed by atoms with Gasteiger partial charge < -0.3 is 15.3 Å². The van der Waals surface area contributed by atoms with Gasteiger partial charge in [0.05, 0.1) is 11.5 Å². The van der Waals surface area contributed by atoms with E-state index in [2.05, 4.69) is 13.8 Å². The van der Waals surface area contributed by atoms with E-state index in [9.17, 15) is 20.1 Å². The Balaban J connectivity index is 2.06. The molecule has 4 atom stereocenters. The van der Waals surface area contributed by atoms with Crippen molar-refractivity contribution >= 4 is 5.78 Å². The van der Waals surface area contributed by atoms with Gasteiger partial charge in [-0.2, -0.15) is 0 Å². The molecule has 0 saturated heterocycles. The normalized spacial score (nSPS) is 35.6. The van der Waals surface area contributed by atoms with Crippen molar-refractivity contribution in [3.63, 3.8) is 0 Å². The van der Waals surface area contributed by atoms with Gasteiger partial charge in [-0.25, -0.2) is 0 Å². The molecule has 0 radical (unpaired) electrons. The van der Waals surface area contributed by atoms with Crippen LogP contribution >= 0.6 is 0 Å². The van der Waals surface area contributed by atoms with Crippen LogP contribution in [0.2, 0.25) is 0 Å². The summed E-state index contributed by atoms with van der Waals surface area (Å²) in [4.78, 5) is 13.2. The number of hydrogen-bond acceptors (Lipinski definition) is 4. The molecule has 0 aliphatic heterocycles. The minimum atomic E-state index is -0.763. The van der Waals surface area contributed by atoms with Crippen LogP contribution in [0.25, 0.3) is 0 Å². The van der Waals surface area contributed by atoms with Gasteiger partial charge in [0.25, 0.3) is 0 Å². The number of aliphatic hydroxyl groups excluding tert-OH is 1. The minimum absolute atomic E-state index is 0.0129. The van der Waals surface area contributed by atoms with Crippen molar-refractivity contribution in [2.24, 2.45) is 17.3 Å². The molecule has 3 N–H and O–H groups in total. The van der Waals surface area contributed by atoms with Crippen LogP contribution in [0.1, 0.15) is 82.1 Å². The zero-order chi connectivity index (χ0) is 18.3. The van der Waals surface area contributed by atoms with E-state index in [4.69, 9.17) is 0 Å². The fourth-order valence-corrected chi connectivity index (χ4v) is 6.36. The molecule has 4 rings (SSSR count). The highest BCUT2D eigenvalue weighted by Crippen LogP contribution is 2.69. The average Bonchev–Trinajstić information content (AvgIpc) is 2.79. The first-order chi connectivity index (χ1) is 11.6. The molecular weight excluding hydrogens is 316 g/mol. The highest BCUT2D eigenvalue weighted by Gasteiger charge is 2.67. The third-order valence-corrected chi connectivity index (χ3v) is 7.24. The Hall–Kier alpha value is -1.55. The van der Waals surface area contributed by atoms with E-state index in [-0.39, 0.29) is 40.5 Å². The van der Waals surface area contributed by atoms with Crippen LogP contribution in [-0.4, -0.2) is 21.1 Å². The van der Waals surface area contributed by atoms with Crippen LogP contribution in [-0.2, 0) is 10.2 Å². The van der Waals surface area contributed by atoms with E-state index < -0.39 is 11.5 Å². The van der Waals surface area contributed by atoms with Gasteiger partial charge in [-0.1, -0.05) is 34.1 Å². The topological polar surface area (TPSA) is 77.8 Å². The third-order valence-electron chi connectivity index (χ3n) is 7.24. The molecule has 0 spiro atoms. The number of rotatable bonds is 1. The molecule has 2 fully saturated rings. The Morgan fingerprint density at radius 2 is 1.84 bits per heavy atom. The van der Waals surface area contributed by atoms with Crippen LogP contribution in [0, 0.1) is 17.3 Å². The summed E-state index contributed by atoms with van der Waals surface area (Å²) < 4.78 is 0. The number of aliphatic hydroxyl groups is 1. The second kappa shape index (κ2) is 5.00. The number of ketones is 1. The predicted octanol–water partition coefficient (Wildman–Crippen LogP) is 3.92. The summed E-state index contributed by atoms with van der Waals surface area (Å²) in [7, 11) is 0. The first kappa shape index (κ1) is 16.9. The van der Waals surface area contributed by atoms with Crippen molar-refractivity contribution < 1.29 is 20.1 Å². The average molecular weight is 344 g/mol. The largest absolute Gasteiger partial charge is 0.504 e. The molecule has 4 nitrogen and oxygen atoms in total. The zero-order valence-corrected chi connectivity index (χ0v) is 15.5. The molecule has 1 aromatic carbocycles. The summed E-state index contributed by atoms with van der Waals surface area (Å²) in [5.74, 6) is -0.250. The highest BCUT2D eigenvalue weighted by atomic mass is 16.3. The van der Waals surface area contributed by atoms with E-state index in [1.54, 1.807) is 0 Å². The maximum Gasteiger partial charge on any atom is 0.162 e. The van der Waals surface area contributed by atoms with Gasteiger partial charge in [-0.15, -0.1) is 0 Å². The molecular formula is C21H28O4. The number of phenols is 2. The Kier molecular flexibility index (Phi) is 3.38. The maximum atomic E-state index is 13.2. The second-order valence-corrected chi connectivity index (χ2v) is 9.31. The summed E-state index contributed by atoms with van der Waals surface area (Å²) in [5.41, 5.74) is 0.971. The van der Waals surface area contributed by atoms with Crippen LogP contribution in [0.5, 0.6) is 11.5 Å². The monoisotopic (exact) mass is 344 g/mol. The number of benzene rings is 1. The van der Waals surface area contributed by atoms with Gasteiger partial charge in [0.1, 0.15) is 5.78 Å². The number of hydrogen-bond donors (Lipinski definition) is 3. The number of phenolic OH excluding ortho intramolecular Hbond substituents is 2. The number of carbonyl (C=O) groups is 1. The fourth-order valence-electron chi connectivity index (χ4n) is 6.36. The Labute approximate surface area is 148 Å². The van der Waals surface area contributed by atoms with E-state index in [1.165, 1.54) is 0 Å². The Bertz CT molecular complexity index is 764. The van der Waals surface area contributed by atoms with Crippen molar-refractivity contribution in [3.05, 3.63) is 22.8 Å². The smallest absolute Gasteiger partial charge is 0.162 e. The molecule has 2 saturated carbocycles. The molecule has 0 unspecified atom stereocenters. The van der Waals surface area contributed by atoms with Gasteiger partial charge in [0.2, 0.25) is 0 Å². The summed E-state index contributed by atoms with van der Waals surface area (Å²) in [5, 5.41) is 32.6. The molecule has 3 aliphatic rings. The number of Topliss-reactive ketones (excluding diaryl/α,β-unsaturated/α-hetero) is 1. The lowest BCUT2D eigenvalue weighted by Gasteiger charge is -2.54. The highest BCUT2D eigenvalue weighted by molar-refractivity contribution is 5.96. The van der Waals surface area contributed by atoms with Crippen LogP contribution in [0.15, 0.2) is 6.07 Å². The molecule has 1 aromatic rings. The molecule has 4 heteroatoms. The maximum absolute atomic E-state index is 13.2. The molecule has 2 bridgehead atoms. The van der Waals surface area contributed by atoms with Crippen molar-refractivity contribution in [2.75, 3.05) is 0 Å². The molecule has 0 heterocycles. The zero-order valence-electron chi connectivity index (χ0n) is 15.5. The molecule has 25 heavy (non-hydrogen) atoms. The Morgan fingerprint density at radius 3 is 2.48 bits per heavy atom. The quantitative estimate of drug-likeness (QED) is 0.675. The van der Waals surface area contributed by atoms with Crippen LogP contribution < -0.4 is 0 Å². The van der Waals surface area contributed by atoms with Gasteiger partial charge in [0.15, 0.2) is 11.5 Å². The Morgan fingerprint density at radius 1 is 1.16 bits per heavy atom. The summed E-state index contributed by atoms with van der Waals surface area (Å²) in [6, 6.07) is 1.82. The standard InChI is InChI=1S/C21H28O4/c1-10(2)11-8-12-15(18(25)17(11)24)21-7-5-6-20(3,4)19(21)13(16(12)23)9-14(21)22/h8,10,13,16,19,23-25H,5-7,9H2,1-4H3/t13-,16+,19+,21+/m1/s1. The van der Waals surface area contributed by atoms with Crippen molar-refractivity contribution in [2.45, 2.75) is 70.8 Å². The summed E-state index contributed by atoms with van der Waals surface area (Å²) >= 11 is 0. The SMILES string of the molecule is CC(C)c1cc2c(c(O)c1O)[C@@]13CCCC(C)(C)[C@@H]1[C@H](CC3=O)[C@H]2O. The predicted molar refractivity (Wildman–Crippen MR) is 94.7 cm³/mol. The lowest BCUT2D eigenvalue weighted by Crippen LogP contribution is -2.52. The molecule has 136 valence electrons. The summed E-state index contributed by atoms with van der Waals surface area (Å²) in [6.45, 7) is 8.24. The molecule has 3 aliphatic carbocycles. The van der Waals surface area contributed by atoms with Crippen LogP contribution in [0.4, 0.5) is 0 Å². The van der Waals surface area contributed by atoms with Crippen molar-refractivity contribution in [1.29, 1.82) is 0 Å². The molecule has 0 amide bonds. The fraction of sp³-hybridized carbons (Fsp3) is 0.667. The molecule has 0 aromatic heterocycles. The van der Waals surface area contributed by atoms with Gasteiger partial charge >= 0.3 is 0 Å². The van der Waals surface area contributed by atoms with Gasteiger partial charge in [-0.3, -0.25) is 4.79 Å². The van der Waals surface area contributed by atoms with Gasteiger partial charge in [0, 0.05) is 23.5 Å². The van der Waals surface area contributed by atoms with E-state index >= 15 is 0 Å². The van der Waals surface area contributed by atoms with Crippen molar-refractivity contribution in [3.8, 4) is 11.5 Å². The second-order valence-electron chi connectivity index (χ2n) is 9.31. The first-order valence-electron chi connectivity index (χ1n) is 9.43. The minimum Gasteiger partial charge on any atom is -0.504 e. The lowest BCUT2D eigenvalue weighted by atomic mass is 9.49. The first-order valence-corrected chi connectivity index (χ1v) is 9.43. The van der Waals surface area contributed by atoms with E-state index in [0.717, 1.165) is 12.8 Å². The third kappa shape index (κ3) is 1.89. The number of fused-ring (bicyclic) bond motifs is 1.